The second kappa shape index (κ2) is 12.8. The Labute approximate surface area is 237 Å². The van der Waals surface area contributed by atoms with Crippen molar-refractivity contribution in [1.82, 2.24) is 10.2 Å². The van der Waals surface area contributed by atoms with E-state index in [1.54, 1.807) is 24.3 Å². The maximum atomic E-state index is 13.5. The van der Waals surface area contributed by atoms with Crippen LogP contribution in [-0.2, 0) is 9.36 Å². The van der Waals surface area contributed by atoms with Gasteiger partial charge in [-0.05, 0) is 55.0 Å². The normalized spacial score (nSPS) is 18.4. The molecule has 1 heterocycles. The molecule has 212 valence electrons. The lowest BCUT2D eigenvalue weighted by Gasteiger charge is -2.53. The SMILES string of the molecule is CCC[C@@H](NC(=O)N1C(=O)C(CC)(CC)[C@@H]1Oc1ccc(C(c2ccccc2)[PH](=O)O)cc1)c1ccc(C)cc1. The van der Waals surface area contributed by atoms with Gasteiger partial charge in [-0.25, -0.2) is 9.69 Å². The fraction of sp³-hybridized carbons (Fsp3) is 0.375. The zero-order valence-corrected chi connectivity index (χ0v) is 24.6. The van der Waals surface area contributed by atoms with Crippen molar-refractivity contribution in [2.24, 2.45) is 5.41 Å². The lowest BCUT2D eigenvalue weighted by Crippen LogP contribution is -2.73. The van der Waals surface area contributed by atoms with Gasteiger partial charge in [-0.2, -0.15) is 0 Å². The molecule has 3 aromatic rings. The van der Waals surface area contributed by atoms with Crippen LogP contribution in [0.2, 0.25) is 0 Å². The second-order valence-corrected chi connectivity index (χ2v) is 11.7. The first kappa shape index (κ1) is 29.6. The summed E-state index contributed by atoms with van der Waals surface area (Å²) in [4.78, 5) is 38.2. The van der Waals surface area contributed by atoms with Crippen LogP contribution in [0.15, 0.2) is 78.9 Å². The molecule has 3 amide bonds. The van der Waals surface area contributed by atoms with Crippen LogP contribution in [0.3, 0.4) is 0 Å². The van der Waals surface area contributed by atoms with Gasteiger partial charge >= 0.3 is 6.03 Å². The highest BCUT2D eigenvalue weighted by atomic mass is 31.1. The molecule has 7 nitrogen and oxygen atoms in total. The highest BCUT2D eigenvalue weighted by Gasteiger charge is 2.63. The van der Waals surface area contributed by atoms with Crippen molar-refractivity contribution in [1.29, 1.82) is 0 Å². The standard InChI is InChI=1S/C32H39N2O5P/c1-5-11-27(23-16-14-22(4)15-17-23)33-31(36)34-29(35)32(6-2,7-3)30(34)39-26-20-18-25(19-21-26)28(40(37)38)24-12-9-8-10-13-24/h8-10,12-21,27-28,30,40H,5-7,11H2,1-4H3,(H,33,36)(H,37,38)/t27-,28?,30+/m1/s1. The molecule has 2 unspecified atom stereocenters. The van der Waals surface area contributed by atoms with Crippen LogP contribution in [0, 0.1) is 12.3 Å². The minimum atomic E-state index is -2.90. The van der Waals surface area contributed by atoms with Gasteiger partial charge in [-0.1, -0.05) is 99.5 Å². The van der Waals surface area contributed by atoms with E-state index < -0.39 is 31.4 Å². The molecule has 1 fully saturated rings. The highest BCUT2D eigenvalue weighted by molar-refractivity contribution is 7.38. The van der Waals surface area contributed by atoms with E-state index in [0.29, 0.717) is 24.2 Å². The van der Waals surface area contributed by atoms with Gasteiger partial charge in [0, 0.05) is 0 Å². The molecular formula is C32H39N2O5P. The number of imide groups is 1. The van der Waals surface area contributed by atoms with E-state index in [1.807, 2.05) is 75.4 Å². The molecule has 0 radical (unpaired) electrons. The molecule has 0 bridgehead atoms. The topological polar surface area (TPSA) is 95.9 Å². The fourth-order valence-corrected chi connectivity index (χ4v) is 6.47. The van der Waals surface area contributed by atoms with Crippen molar-refractivity contribution >= 4 is 20.0 Å². The minimum Gasteiger partial charge on any atom is -0.469 e. The lowest BCUT2D eigenvalue weighted by atomic mass is 9.72. The van der Waals surface area contributed by atoms with Crippen LogP contribution in [0.25, 0.3) is 0 Å². The number of urea groups is 1. The van der Waals surface area contributed by atoms with Gasteiger partial charge in [-0.15, -0.1) is 0 Å². The van der Waals surface area contributed by atoms with E-state index in [0.717, 1.165) is 29.5 Å². The molecule has 4 atom stereocenters. The molecule has 4 rings (SSSR count). The van der Waals surface area contributed by atoms with E-state index in [1.165, 1.54) is 4.90 Å². The van der Waals surface area contributed by atoms with E-state index in [4.69, 9.17) is 4.74 Å². The summed E-state index contributed by atoms with van der Waals surface area (Å²) in [6.07, 6.45) is 1.93. The largest absolute Gasteiger partial charge is 0.469 e. The van der Waals surface area contributed by atoms with Crippen LogP contribution in [0.4, 0.5) is 4.79 Å². The van der Waals surface area contributed by atoms with E-state index in [9.17, 15) is 19.0 Å². The summed E-state index contributed by atoms with van der Waals surface area (Å²) in [5.74, 6) is 0.247. The van der Waals surface area contributed by atoms with Crippen molar-refractivity contribution in [2.45, 2.75) is 71.3 Å². The molecule has 3 aromatic carbocycles. The molecule has 2 N–H and O–H groups in total. The molecule has 40 heavy (non-hydrogen) atoms. The number of hydrogen-bond donors (Lipinski definition) is 2. The summed E-state index contributed by atoms with van der Waals surface area (Å²) < 4.78 is 18.6. The molecule has 0 aromatic heterocycles. The van der Waals surface area contributed by atoms with Crippen LogP contribution >= 0.6 is 8.03 Å². The Hall–Kier alpha value is -3.41. The Morgan fingerprint density at radius 3 is 2.08 bits per heavy atom. The Morgan fingerprint density at radius 1 is 0.950 bits per heavy atom. The van der Waals surface area contributed by atoms with Crippen molar-refractivity contribution in [2.75, 3.05) is 0 Å². The van der Waals surface area contributed by atoms with Crippen molar-refractivity contribution in [3.63, 3.8) is 0 Å². The zero-order valence-electron chi connectivity index (χ0n) is 23.6. The summed E-state index contributed by atoms with van der Waals surface area (Å²) >= 11 is 0. The number of carbonyl (C=O) groups excluding carboxylic acids is 2. The number of β-lactam (4-membered cyclic amide) rings is 1. The first-order valence-corrected chi connectivity index (χ1v) is 15.4. The van der Waals surface area contributed by atoms with E-state index in [-0.39, 0.29) is 11.9 Å². The average Bonchev–Trinajstić information content (AvgIpc) is 2.95. The number of nitrogens with one attached hydrogen (secondary N) is 1. The van der Waals surface area contributed by atoms with Crippen molar-refractivity contribution in [3.8, 4) is 5.75 Å². The maximum Gasteiger partial charge on any atom is 0.327 e. The summed E-state index contributed by atoms with van der Waals surface area (Å²) in [5, 5.41) is 3.07. The number of amides is 3. The number of benzene rings is 3. The Morgan fingerprint density at radius 2 is 1.52 bits per heavy atom. The average molecular weight is 563 g/mol. The fourth-order valence-electron chi connectivity index (χ4n) is 5.52. The third kappa shape index (κ3) is 5.86. The maximum absolute atomic E-state index is 13.5. The van der Waals surface area contributed by atoms with Crippen LogP contribution in [-0.4, -0.2) is 28.0 Å². The molecule has 1 aliphatic heterocycles. The quantitative estimate of drug-likeness (QED) is 0.191. The summed E-state index contributed by atoms with van der Waals surface area (Å²) in [6, 6.07) is 23.6. The van der Waals surface area contributed by atoms with Gasteiger partial charge < -0.3 is 14.9 Å². The summed E-state index contributed by atoms with van der Waals surface area (Å²) in [7, 11) is -2.90. The van der Waals surface area contributed by atoms with Crippen LogP contribution in [0.5, 0.6) is 5.75 Å². The number of nitrogens with zero attached hydrogens (tertiary/aromatic N) is 1. The van der Waals surface area contributed by atoms with Gasteiger partial charge in [0.2, 0.25) is 13.9 Å². The lowest BCUT2D eigenvalue weighted by molar-refractivity contribution is -0.191. The monoisotopic (exact) mass is 562 g/mol. The molecule has 1 aliphatic rings. The summed E-state index contributed by atoms with van der Waals surface area (Å²) in [6.45, 7) is 7.95. The minimum absolute atomic E-state index is 0.222. The predicted octanol–water partition coefficient (Wildman–Crippen LogP) is 7.16. The summed E-state index contributed by atoms with van der Waals surface area (Å²) in [5.41, 5.74) is 2.16. The van der Waals surface area contributed by atoms with Gasteiger partial charge in [0.15, 0.2) is 6.23 Å². The Kier molecular flexibility index (Phi) is 9.49. The molecule has 0 spiro atoms. The first-order chi connectivity index (χ1) is 19.2. The molecular weight excluding hydrogens is 523 g/mol. The number of rotatable bonds is 11. The molecule has 0 aliphatic carbocycles. The smallest absolute Gasteiger partial charge is 0.327 e. The predicted molar refractivity (Wildman–Crippen MR) is 158 cm³/mol. The number of likely N-dealkylation sites (tertiary alicyclic amines) is 1. The van der Waals surface area contributed by atoms with Gasteiger partial charge in [0.1, 0.15) is 11.2 Å². The number of aryl methyl sites for hydroxylation is 1. The van der Waals surface area contributed by atoms with Crippen LogP contribution < -0.4 is 10.1 Å². The molecule has 8 heteroatoms. The third-order valence-electron chi connectivity index (χ3n) is 8.03. The van der Waals surface area contributed by atoms with E-state index in [2.05, 4.69) is 12.2 Å². The Balaban J connectivity index is 1.56. The number of carbonyl (C=O) groups is 2. The molecule has 0 saturated carbocycles. The van der Waals surface area contributed by atoms with Crippen molar-refractivity contribution < 1.29 is 23.8 Å². The highest BCUT2D eigenvalue weighted by Crippen LogP contribution is 2.47. The zero-order chi connectivity index (χ0) is 28.9. The number of hydrogen-bond acceptors (Lipinski definition) is 4. The van der Waals surface area contributed by atoms with Gasteiger partial charge in [0.05, 0.1) is 11.7 Å². The van der Waals surface area contributed by atoms with Gasteiger partial charge in [0.25, 0.3) is 0 Å². The van der Waals surface area contributed by atoms with Crippen molar-refractivity contribution in [3.05, 3.63) is 101 Å². The molecule has 1 saturated heterocycles. The van der Waals surface area contributed by atoms with E-state index >= 15 is 0 Å². The second-order valence-electron chi connectivity index (χ2n) is 10.5. The van der Waals surface area contributed by atoms with Crippen LogP contribution in [0.1, 0.15) is 80.4 Å². The first-order valence-electron chi connectivity index (χ1n) is 14.0. The Bertz CT molecular complexity index is 1320. The third-order valence-corrected chi connectivity index (χ3v) is 9.19. The van der Waals surface area contributed by atoms with Gasteiger partial charge in [-0.3, -0.25) is 9.36 Å². The number of ether oxygens (including phenoxy) is 1.